The van der Waals surface area contributed by atoms with Gasteiger partial charge in [0.2, 0.25) is 0 Å². The lowest BCUT2D eigenvalue weighted by molar-refractivity contribution is 0.450. The fourth-order valence-electron chi connectivity index (χ4n) is 15.6. The Balaban J connectivity index is 0.881. The average molecular weight is 981 g/mol. The van der Waals surface area contributed by atoms with Crippen molar-refractivity contribution in [3.63, 3.8) is 0 Å². The highest BCUT2D eigenvalue weighted by Gasteiger charge is 2.50. The van der Waals surface area contributed by atoms with E-state index >= 15 is 0 Å². The molecule has 6 aliphatic rings. The maximum absolute atomic E-state index is 7.62. The van der Waals surface area contributed by atoms with Crippen LogP contribution in [0.1, 0.15) is 5.56 Å². The smallest absolute Gasteiger partial charge is 0.256 e. The predicted molar refractivity (Wildman–Crippen MR) is 311 cm³/mol. The minimum atomic E-state index is -0.186. The van der Waals surface area contributed by atoms with Crippen molar-refractivity contribution in [2.24, 2.45) is 0 Å². The fourth-order valence-corrected chi connectivity index (χ4v) is 15.6. The molecule has 15 aromatic rings. The van der Waals surface area contributed by atoms with E-state index in [1.807, 2.05) is 0 Å². The monoisotopic (exact) mass is 980 g/mol. The van der Waals surface area contributed by atoms with Gasteiger partial charge in [-0.1, -0.05) is 140 Å². The van der Waals surface area contributed by atoms with Crippen LogP contribution in [-0.2, 0) is 0 Å². The van der Waals surface area contributed by atoms with E-state index in [2.05, 4.69) is 213 Å². The van der Waals surface area contributed by atoms with Crippen molar-refractivity contribution in [2.75, 3.05) is 0 Å². The van der Waals surface area contributed by atoms with Gasteiger partial charge in [0, 0.05) is 82.7 Å². The highest BCUT2D eigenvalue weighted by molar-refractivity contribution is 7.02. The predicted octanol–water partition coefficient (Wildman–Crippen LogP) is 12.5. The Bertz CT molecular complexity index is 5020. The van der Waals surface area contributed by atoms with E-state index in [-0.39, 0.29) is 13.4 Å². The lowest BCUT2D eigenvalue weighted by Crippen LogP contribution is -2.63. The summed E-state index contributed by atoms with van der Waals surface area (Å²) in [5.74, 6) is 6.62. The Labute approximate surface area is 437 Å². The molecule has 0 saturated carbocycles. The molecule has 10 heteroatoms. The molecule has 0 fully saturated rings. The van der Waals surface area contributed by atoms with Crippen molar-refractivity contribution in [3.8, 4) is 68.7 Å². The van der Waals surface area contributed by atoms with Gasteiger partial charge in [-0.15, -0.1) is 0 Å². The van der Waals surface area contributed by atoms with Gasteiger partial charge < -0.3 is 37.2 Å². The first-order chi connectivity index (χ1) is 38.2. The van der Waals surface area contributed by atoms with Crippen LogP contribution in [0.4, 0.5) is 0 Å². The summed E-state index contributed by atoms with van der Waals surface area (Å²) in [5, 5.41) is 9.52. The summed E-state index contributed by atoms with van der Waals surface area (Å²) in [6.45, 7) is 1.83. The lowest BCUT2D eigenvalue weighted by Gasteiger charge is -2.40. The quantitative estimate of drug-likeness (QED) is 0.162. The third kappa shape index (κ3) is 4.18. The molecule has 352 valence electrons. The van der Waals surface area contributed by atoms with Gasteiger partial charge in [0.15, 0.2) is 23.0 Å². The molecule has 8 nitrogen and oxygen atoms in total. The molecule has 0 N–H and O–H groups in total. The van der Waals surface area contributed by atoms with E-state index in [4.69, 9.17) is 18.9 Å². The normalized spacial score (nSPS) is 14.1. The van der Waals surface area contributed by atoms with Crippen molar-refractivity contribution in [1.82, 2.24) is 18.3 Å². The zero-order valence-corrected chi connectivity index (χ0v) is 41.0. The van der Waals surface area contributed by atoms with Crippen LogP contribution in [0.3, 0.4) is 0 Å². The number of hydrogen-bond acceptors (Lipinski definition) is 4. The molecule has 11 aromatic carbocycles. The van der Waals surface area contributed by atoms with Gasteiger partial charge in [-0.3, -0.25) is 0 Å². The second kappa shape index (κ2) is 12.7. The molecular formula is C67H34B2N4O4. The van der Waals surface area contributed by atoms with Gasteiger partial charge in [-0.2, -0.15) is 0 Å². The molecule has 0 amide bonds. The molecule has 0 radical (unpaired) electrons. The summed E-state index contributed by atoms with van der Waals surface area (Å²) in [7, 11) is 0. The maximum Gasteiger partial charge on any atom is 0.256 e. The number of para-hydroxylation sites is 8. The third-order valence-corrected chi connectivity index (χ3v) is 18.4. The molecule has 6 aliphatic heterocycles. The van der Waals surface area contributed by atoms with Gasteiger partial charge in [-0.05, 0) is 65.2 Å². The van der Waals surface area contributed by atoms with Crippen molar-refractivity contribution in [3.05, 3.63) is 194 Å². The van der Waals surface area contributed by atoms with Crippen LogP contribution in [0.25, 0.3) is 110 Å². The Morgan fingerprint density at radius 2 is 0.649 bits per heavy atom. The molecule has 0 bridgehead atoms. The van der Waals surface area contributed by atoms with Gasteiger partial charge in [0.1, 0.15) is 23.0 Å². The van der Waals surface area contributed by atoms with Crippen LogP contribution < -0.4 is 51.7 Å². The van der Waals surface area contributed by atoms with Crippen molar-refractivity contribution in [1.29, 1.82) is 0 Å². The maximum atomic E-state index is 7.62. The van der Waals surface area contributed by atoms with E-state index in [1.54, 1.807) is 0 Å². The number of fused-ring (bicyclic) bond motifs is 14. The van der Waals surface area contributed by atoms with E-state index in [0.29, 0.717) is 0 Å². The molecule has 4 aromatic heterocycles. The minimum absolute atomic E-state index is 0.186. The summed E-state index contributed by atoms with van der Waals surface area (Å²) in [6, 6.07) is 68.4. The number of hydrogen-bond donors (Lipinski definition) is 0. The summed E-state index contributed by atoms with van der Waals surface area (Å²) < 4.78 is 39.7. The molecule has 0 saturated heterocycles. The number of rotatable bonds is 2. The highest BCUT2D eigenvalue weighted by atomic mass is 16.5. The Kier molecular flexibility index (Phi) is 6.36. The van der Waals surface area contributed by atoms with E-state index in [0.717, 1.165) is 129 Å². The highest BCUT2D eigenvalue weighted by Crippen LogP contribution is 2.55. The van der Waals surface area contributed by atoms with Crippen LogP contribution in [0, 0.1) is 6.92 Å². The van der Waals surface area contributed by atoms with Gasteiger partial charge in [0.05, 0.1) is 55.8 Å². The summed E-state index contributed by atoms with van der Waals surface area (Å²) >= 11 is 0. The Morgan fingerprint density at radius 3 is 1.06 bits per heavy atom. The molecule has 0 aliphatic carbocycles. The molecule has 77 heavy (non-hydrogen) atoms. The van der Waals surface area contributed by atoms with Crippen LogP contribution >= 0.6 is 0 Å². The number of benzene rings is 11. The topological polar surface area (TPSA) is 56.6 Å². The third-order valence-electron chi connectivity index (χ3n) is 18.4. The number of ether oxygens (including phenoxy) is 4. The summed E-state index contributed by atoms with van der Waals surface area (Å²) in [5.41, 5.74) is 20.9. The number of aromatic nitrogens is 4. The Hall–Kier alpha value is -10.1. The van der Waals surface area contributed by atoms with Crippen molar-refractivity contribution >= 4 is 133 Å². The molecule has 0 spiro atoms. The first-order valence-corrected chi connectivity index (χ1v) is 26.6. The van der Waals surface area contributed by atoms with Gasteiger partial charge >= 0.3 is 0 Å². The molecule has 0 atom stereocenters. The first-order valence-electron chi connectivity index (χ1n) is 26.6. The second-order valence-electron chi connectivity index (χ2n) is 21.8. The lowest BCUT2D eigenvalue weighted by atomic mass is 9.31. The second-order valence-corrected chi connectivity index (χ2v) is 21.8. The first kappa shape index (κ1) is 38.5. The molecular weight excluding hydrogens is 946 g/mol. The van der Waals surface area contributed by atoms with Crippen molar-refractivity contribution in [2.45, 2.75) is 6.92 Å². The zero-order chi connectivity index (χ0) is 49.4. The van der Waals surface area contributed by atoms with Gasteiger partial charge in [0.25, 0.3) is 13.4 Å². The van der Waals surface area contributed by atoms with Crippen LogP contribution in [0.15, 0.2) is 188 Å². The zero-order valence-electron chi connectivity index (χ0n) is 41.0. The average Bonchev–Trinajstić information content (AvgIpc) is 4.36. The molecule has 21 rings (SSSR count). The minimum Gasteiger partial charge on any atom is -0.458 e. The van der Waals surface area contributed by atoms with Crippen LogP contribution in [0.2, 0.25) is 0 Å². The van der Waals surface area contributed by atoms with E-state index < -0.39 is 0 Å². The fraction of sp³-hybridized carbons (Fsp3) is 0.0149. The van der Waals surface area contributed by atoms with E-state index in [9.17, 15) is 0 Å². The largest absolute Gasteiger partial charge is 0.458 e. The Morgan fingerprint density at radius 1 is 0.299 bits per heavy atom. The SMILES string of the molecule is Cc1c2c(cc3c1Oc1cc(-n4c5ccccc5c5ccccc54)c4c5c1B3c1cccc3c6cccc(c6n-5c13)O4)B1c3c(cc(-n4c5ccccc5c5ccccc54)c4c3-n3c5c(cccc5c5cccc1c53)O4)O2. The molecule has 10 heterocycles. The van der Waals surface area contributed by atoms with Gasteiger partial charge in [-0.25, -0.2) is 0 Å². The number of nitrogens with zero attached hydrogens (tertiary/aromatic N) is 4. The summed E-state index contributed by atoms with van der Waals surface area (Å²) in [6.07, 6.45) is 0. The van der Waals surface area contributed by atoms with Crippen molar-refractivity contribution < 1.29 is 18.9 Å². The van der Waals surface area contributed by atoms with Crippen LogP contribution in [0.5, 0.6) is 46.0 Å². The van der Waals surface area contributed by atoms with Crippen LogP contribution in [-0.4, -0.2) is 31.7 Å². The molecule has 0 unspecified atom stereocenters. The van der Waals surface area contributed by atoms with E-state index in [1.165, 1.54) is 65.0 Å². The standard InChI is InChI=1S/C67H34B2N4O4/c1-33-64-44(68-42-22-10-18-38-40-20-12-28-52-60(40)72(58(38)42)62-56(68)54(76-64)31-50(66(62)74-52)70-46-24-6-2-14-34(46)35-15-3-7-25-47(35)70)30-45-65(33)77-55-32-51(71-48-26-8-4-16-36(48)37-17-5-9-27-49(37)71)67-63-57(55)69(45)43-23-11-19-39-41-21-13-29-53(75-67)61(41)73(63)59(39)43/h2-32H,1H3. The summed E-state index contributed by atoms with van der Waals surface area (Å²) in [4.78, 5) is 0.